The fourth-order valence-electron chi connectivity index (χ4n) is 3.56. The van der Waals surface area contributed by atoms with Gasteiger partial charge in [0.1, 0.15) is 10.7 Å². The van der Waals surface area contributed by atoms with Crippen LogP contribution in [0.25, 0.3) is 32.5 Å². The molecule has 0 fully saturated rings. The number of thiophene rings is 1. The lowest BCUT2D eigenvalue weighted by Gasteiger charge is -2.05. The molecule has 2 heterocycles. The Balaban J connectivity index is 1.49. The first-order chi connectivity index (χ1) is 14.7. The highest BCUT2D eigenvalue weighted by molar-refractivity contribution is 7.17. The average molecular weight is 429 g/mol. The first-order valence-electron chi connectivity index (χ1n) is 9.58. The Morgan fingerprint density at radius 2 is 1.50 bits per heavy atom. The number of nitrogens with one attached hydrogen (secondary N) is 1. The highest BCUT2D eigenvalue weighted by Gasteiger charge is 2.13. The third-order valence-electron chi connectivity index (χ3n) is 5.08. The quantitative estimate of drug-likeness (QED) is 0.352. The molecule has 0 saturated carbocycles. The molecule has 5 aromatic rings. The number of aromatic nitrogens is 2. The molecule has 1 N–H and O–H groups in total. The second-order valence-corrected chi connectivity index (χ2v) is 8.38. The van der Waals surface area contributed by atoms with Gasteiger partial charge in [-0.15, -0.1) is 11.3 Å². The number of aromatic amines is 1. The van der Waals surface area contributed by atoms with Crippen LogP contribution in [-0.4, -0.2) is 9.97 Å². The van der Waals surface area contributed by atoms with Gasteiger partial charge in [-0.3, -0.25) is 4.79 Å². The molecule has 0 aliphatic carbocycles. The SMILES string of the molecule is O=c1[nH]c(Cc2ccc(Cl)cc2)nc2scc(-c3ccc(-c4ccccc4)cc3)c12. The monoisotopic (exact) mass is 428 g/mol. The van der Waals surface area contributed by atoms with Gasteiger partial charge >= 0.3 is 0 Å². The number of H-pyrrole nitrogens is 1. The van der Waals surface area contributed by atoms with Gasteiger partial charge in [-0.05, 0) is 34.4 Å². The molecular formula is C25H17ClN2OS. The highest BCUT2D eigenvalue weighted by atomic mass is 35.5. The van der Waals surface area contributed by atoms with E-state index in [4.69, 9.17) is 16.6 Å². The van der Waals surface area contributed by atoms with Gasteiger partial charge in [0.15, 0.2) is 0 Å². The molecule has 5 heteroatoms. The second kappa shape index (κ2) is 7.90. The molecule has 0 spiro atoms. The summed E-state index contributed by atoms with van der Waals surface area (Å²) >= 11 is 7.45. The van der Waals surface area contributed by atoms with Crippen LogP contribution in [0, 0.1) is 0 Å². The number of benzene rings is 3. The van der Waals surface area contributed by atoms with Crippen LogP contribution in [0.15, 0.2) is 89.0 Å². The van der Waals surface area contributed by atoms with Crippen molar-refractivity contribution >= 4 is 33.2 Å². The zero-order valence-electron chi connectivity index (χ0n) is 15.9. The summed E-state index contributed by atoms with van der Waals surface area (Å²) in [5.41, 5.74) is 5.20. The van der Waals surface area contributed by atoms with Crippen molar-refractivity contribution in [1.29, 1.82) is 0 Å². The molecule has 3 aromatic carbocycles. The van der Waals surface area contributed by atoms with Crippen LogP contribution in [0.3, 0.4) is 0 Å². The van der Waals surface area contributed by atoms with Gasteiger partial charge in [0.25, 0.3) is 5.56 Å². The molecule has 0 unspecified atom stereocenters. The lowest BCUT2D eigenvalue weighted by Crippen LogP contribution is -2.11. The Hall–Kier alpha value is -3.21. The first kappa shape index (κ1) is 18.8. The van der Waals surface area contributed by atoms with Crippen LogP contribution in [0.4, 0.5) is 0 Å². The minimum atomic E-state index is -0.104. The predicted molar refractivity (Wildman–Crippen MR) is 125 cm³/mol. The molecule has 0 aliphatic heterocycles. The van der Waals surface area contributed by atoms with E-state index in [-0.39, 0.29) is 5.56 Å². The van der Waals surface area contributed by atoms with Crippen LogP contribution >= 0.6 is 22.9 Å². The third kappa shape index (κ3) is 3.67. The third-order valence-corrected chi connectivity index (χ3v) is 6.21. The van der Waals surface area contributed by atoms with Gasteiger partial charge in [0.05, 0.1) is 5.39 Å². The largest absolute Gasteiger partial charge is 0.310 e. The van der Waals surface area contributed by atoms with E-state index in [0.29, 0.717) is 22.7 Å². The lowest BCUT2D eigenvalue weighted by molar-refractivity contribution is 0.977. The van der Waals surface area contributed by atoms with E-state index in [9.17, 15) is 4.79 Å². The van der Waals surface area contributed by atoms with Crippen LogP contribution in [0.5, 0.6) is 0 Å². The molecule has 3 nitrogen and oxygen atoms in total. The van der Waals surface area contributed by atoms with E-state index in [1.54, 1.807) is 0 Å². The summed E-state index contributed by atoms with van der Waals surface area (Å²) in [5.74, 6) is 0.655. The van der Waals surface area contributed by atoms with Crippen molar-refractivity contribution in [1.82, 2.24) is 9.97 Å². The summed E-state index contributed by atoms with van der Waals surface area (Å²) in [5, 5.41) is 3.35. The van der Waals surface area contributed by atoms with E-state index in [0.717, 1.165) is 27.1 Å². The summed E-state index contributed by atoms with van der Waals surface area (Å²) in [6.45, 7) is 0. The molecular weight excluding hydrogens is 412 g/mol. The number of halogens is 1. The van der Waals surface area contributed by atoms with E-state index >= 15 is 0 Å². The highest BCUT2D eigenvalue weighted by Crippen LogP contribution is 2.32. The Labute approximate surface area is 182 Å². The zero-order chi connectivity index (χ0) is 20.5. The number of fused-ring (bicyclic) bond motifs is 1. The van der Waals surface area contributed by atoms with Gasteiger partial charge < -0.3 is 4.98 Å². The molecule has 5 rings (SSSR count). The molecule has 0 bridgehead atoms. The minimum absolute atomic E-state index is 0.104. The van der Waals surface area contributed by atoms with Gasteiger partial charge in [-0.25, -0.2) is 4.98 Å². The van der Waals surface area contributed by atoms with Gasteiger partial charge in [0.2, 0.25) is 0 Å². The van der Waals surface area contributed by atoms with Crippen LogP contribution in [-0.2, 0) is 6.42 Å². The standard InChI is InChI=1S/C25H17ClN2OS/c26-20-12-6-16(7-13-20)14-22-27-24(29)23-21(15-30-25(23)28-22)19-10-8-18(9-11-19)17-4-2-1-3-5-17/h1-13,15H,14H2,(H,27,28,29). The molecule has 0 aliphatic rings. The van der Waals surface area contributed by atoms with Crippen LogP contribution in [0.1, 0.15) is 11.4 Å². The van der Waals surface area contributed by atoms with Crippen molar-refractivity contribution in [3.63, 3.8) is 0 Å². The van der Waals surface area contributed by atoms with Crippen molar-refractivity contribution in [2.75, 3.05) is 0 Å². The molecule has 0 saturated heterocycles. The summed E-state index contributed by atoms with van der Waals surface area (Å²) in [6.07, 6.45) is 0.557. The summed E-state index contributed by atoms with van der Waals surface area (Å²) in [6, 6.07) is 26.1. The minimum Gasteiger partial charge on any atom is -0.310 e. The maximum atomic E-state index is 12.9. The van der Waals surface area contributed by atoms with E-state index in [2.05, 4.69) is 41.4 Å². The van der Waals surface area contributed by atoms with E-state index in [1.165, 1.54) is 16.9 Å². The number of nitrogens with zero attached hydrogens (tertiary/aromatic N) is 1. The molecule has 0 atom stereocenters. The predicted octanol–water partition coefficient (Wildman–Crippen LogP) is 6.56. The lowest BCUT2D eigenvalue weighted by atomic mass is 10.0. The topological polar surface area (TPSA) is 45.8 Å². The Kier molecular flexibility index (Phi) is 4.95. The number of rotatable bonds is 4. The van der Waals surface area contributed by atoms with Gasteiger partial charge in [-0.2, -0.15) is 0 Å². The summed E-state index contributed by atoms with van der Waals surface area (Å²) in [4.78, 5) is 21.3. The number of hydrogen-bond donors (Lipinski definition) is 1. The van der Waals surface area contributed by atoms with E-state index in [1.807, 2.05) is 47.8 Å². The maximum Gasteiger partial charge on any atom is 0.260 e. The smallest absolute Gasteiger partial charge is 0.260 e. The van der Waals surface area contributed by atoms with Gasteiger partial charge in [0, 0.05) is 22.4 Å². The normalized spacial score (nSPS) is 11.1. The van der Waals surface area contributed by atoms with Crippen LogP contribution < -0.4 is 5.56 Å². The van der Waals surface area contributed by atoms with E-state index < -0.39 is 0 Å². The maximum absolute atomic E-state index is 12.9. The average Bonchev–Trinajstić information content (AvgIpc) is 3.21. The molecule has 30 heavy (non-hydrogen) atoms. The summed E-state index contributed by atoms with van der Waals surface area (Å²) < 4.78 is 0. The summed E-state index contributed by atoms with van der Waals surface area (Å²) in [7, 11) is 0. The van der Waals surface area contributed by atoms with Crippen molar-refractivity contribution in [3.8, 4) is 22.3 Å². The molecule has 146 valence electrons. The Morgan fingerprint density at radius 1 is 0.833 bits per heavy atom. The van der Waals surface area contributed by atoms with Crippen molar-refractivity contribution in [3.05, 3.63) is 111 Å². The van der Waals surface area contributed by atoms with Crippen molar-refractivity contribution in [2.45, 2.75) is 6.42 Å². The Morgan fingerprint density at radius 3 is 2.23 bits per heavy atom. The molecule has 0 amide bonds. The fraction of sp³-hybridized carbons (Fsp3) is 0.0400. The zero-order valence-corrected chi connectivity index (χ0v) is 17.5. The first-order valence-corrected chi connectivity index (χ1v) is 10.8. The number of hydrogen-bond acceptors (Lipinski definition) is 3. The fourth-order valence-corrected chi connectivity index (χ4v) is 4.65. The molecule has 0 radical (unpaired) electrons. The Bertz CT molecular complexity index is 1370. The van der Waals surface area contributed by atoms with Crippen molar-refractivity contribution < 1.29 is 0 Å². The second-order valence-electron chi connectivity index (χ2n) is 7.09. The van der Waals surface area contributed by atoms with Crippen LogP contribution in [0.2, 0.25) is 5.02 Å². The molecule has 2 aromatic heterocycles. The van der Waals surface area contributed by atoms with Gasteiger partial charge in [-0.1, -0.05) is 78.3 Å². The van der Waals surface area contributed by atoms with Crippen molar-refractivity contribution in [2.24, 2.45) is 0 Å².